The molecule has 1 heterocycles. The zero-order valence-corrected chi connectivity index (χ0v) is 14.4. The lowest BCUT2D eigenvalue weighted by Crippen LogP contribution is -2.53. The molecule has 0 aliphatic carbocycles. The smallest absolute Gasteiger partial charge is 0.319 e. The molecule has 0 spiro atoms. The van der Waals surface area contributed by atoms with Gasteiger partial charge in [0.25, 0.3) is 0 Å². The number of rotatable bonds is 4. The fourth-order valence-electron chi connectivity index (χ4n) is 2.63. The van der Waals surface area contributed by atoms with E-state index in [2.05, 4.69) is 16.0 Å². The molecule has 0 radical (unpaired) electrons. The van der Waals surface area contributed by atoms with Gasteiger partial charge in [0.1, 0.15) is 6.04 Å². The van der Waals surface area contributed by atoms with Gasteiger partial charge in [0.15, 0.2) is 0 Å². The van der Waals surface area contributed by atoms with Gasteiger partial charge in [-0.25, -0.2) is 4.79 Å². The minimum atomic E-state index is -0.542. The number of nitrogens with zero attached hydrogens (tertiary/aromatic N) is 1. The number of halogens is 1. The van der Waals surface area contributed by atoms with E-state index in [9.17, 15) is 9.59 Å². The number of hydrogen-bond donors (Lipinski definition) is 3. The molecule has 3 amide bonds. The maximum absolute atomic E-state index is 12.4. The highest BCUT2D eigenvalue weighted by Gasteiger charge is 2.26. The second-order valence-electron chi connectivity index (χ2n) is 5.60. The largest absolute Gasteiger partial charge is 0.339 e. The average Bonchev–Trinajstić information content (AvgIpc) is 2.55. The van der Waals surface area contributed by atoms with Crippen LogP contribution in [0.15, 0.2) is 30.3 Å². The second-order valence-corrected chi connectivity index (χ2v) is 5.60. The number of benzene rings is 1. The van der Waals surface area contributed by atoms with Crippen LogP contribution in [0.5, 0.6) is 0 Å². The van der Waals surface area contributed by atoms with E-state index in [-0.39, 0.29) is 24.3 Å². The van der Waals surface area contributed by atoms with Gasteiger partial charge in [-0.2, -0.15) is 0 Å². The Kier molecular flexibility index (Phi) is 7.85. The predicted molar refractivity (Wildman–Crippen MR) is 94.0 cm³/mol. The molecule has 1 aliphatic heterocycles. The van der Waals surface area contributed by atoms with E-state index in [1.54, 1.807) is 19.1 Å². The normalized spacial score (nSPS) is 18.5. The molecule has 1 aliphatic rings. The molecule has 128 valence electrons. The molecule has 2 atom stereocenters. The number of urea groups is 1. The summed E-state index contributed by atoms with van der Waals surface area (Å²) in [5.41, 5.74) is 0.702. The summed E-state index contributed by atoms with van der Waals surface area (Å²) >= 11 is 0. The Hall–Kier alpha value is -1.79. The molecule has 7 heteroatoms. The molecule has 2 unspecified atom stereocenters. The molecule has 1 aromatic carbocycles. The van der Waals surface area contributed by atoms with Gasteiger partial charge in [0.2, 0.25) is 5.91 Å². The van der Waals surface area contributed by atoms with Crippen molar-refractivity contribution in [2.75, 3.05) is 25.5 Å². The van der Waals surface area contributed by atoms with Gasteiger partial charge in [-0.3, -0.25) is 4.79 Å². The number of carbonyl (C=O) groups is 2. The number of piperidine rings is 1. The molecular weight excluding hydrogens is 316 g/mol. The van der Waals surface area contributed by atoms with Crippen molar-refractivity contribution in [3.63, 3.8) is 0 Å². The SMILES string of the molecule is CNC1CCCN(C(=O)C(C)NC(=O)Nc2ccccc2)C1.Cl. The fraction of sp³-hybridized carbons (Fsp3) is 0.500. The van der Waals surface area contributed by atoms with Crippen molar-refractivity contribution in [2.45, 2.75) is 31.8 Å². The summed E-state index contributed by atoms with van der Waals surface area (Å²) in [5.74, 6) is -0.0387. The van der Waals surface area contributed by atoms with Crippen LogP contribution in [0.4, 0.5) is 10.5 Å². The van der Waals surface area contributed by atoms with Crippen LogP contribution in [0.3, 0.4) is 0 Å². The van der Waals surface area contributed by atoms with Crippen molar-refractivity contribution in [1.29, 1.82) is 0 Å². The number of anilines is 1. The van der Waals surface area contributed by atoms with Crippen LogP contribution in [-0.2, 0) is 4.79 Å². The summed E-state index contributed by atoms with van der Waals surface area (Å²) in [6, 6.07) is 8.59. The summed E-state index contributed by atoms with van der Waals surface area (Å²) in [6.45, 7) is 3.17. The third-order valence-electron chi connectivity index (χ3n) is 3.89. The Labute approximate surface area is 143 Å². The van der Waals surface area contributed by atoms with Crippen molar-refractivity contribution < 1.29 is 9.59 Å². The molecule has 0 saturated carbocycles. The van der Waals surface area contributed by atoms with E-state index in [1.807, 2.05) is 30.1 Å². The first-order chi connectivity index (χ1) is 10.6. The summed E-state index contributed by atoms with van der Waals surface area (Å²) in [5, 5.41) is 8.62. The number of hydrogen-bond acceptors (Lipinski definition) is 3. The van der Waals surface area contributed by atoms with Crippen LogP contribution in [0, 0.1) is 0 Å². The number of carbonyl (C=O) groups excluding carboxylic acids is 2. The molecule has 2 rings (SSSR count). The van der Waals surface area contributed by atoms with Gasteiger partial charge in [-0.1, -0.05) is 18.2 Å². The lowest BCUT2D eigenvalue weighted by atomic mass is 10.1. The van der Waals surface area contributed by atoms with Gasteiger partial charge in [0.05, 0.1) is 0 Å². The lowest BCUT2D eigenvalue weighted by molar-refractivity contribution is -0.134. The highest BCUT2D eigenvalue weighted by Crippen LogP contribution is 2.11. The van der Waals surface area contributed by atoms with E-state index in [0.717, 1.165) is 19.4 Å². The first-order valence-electron chi connectivity index (χ1n) is 7.68. The van der Waals surface area contributed by atoms with Gasteiger partial charge >= 0.3 is 6.03 Å². The minimum Gasteiger partial charge on any atom is -0.339 e. The molecule has 0 aromatic heterocycles. The standard InChI is InChI=1S/C16H24N4O2.ClH/c1-12(15(21)20-10-6-9-14(11-20)17-2)18-16(22)19-13-7-4-3-5-8-13;/h3-5,7-8,12,14,17H,6,9-11H2,1-2H3,(H2,18,19,22);1H. The molecule has 6 nitrogen and oxygen atoms in total. The van der Waals surface area contributed by atoms with Crippen molar-refractivity contribution in [3.8, 4) is 0 Å². The Balaban J connectivity index is 0.00000264. The Bertz CT molecular complexity index is 512. The van der Waals surface area contributed by atoms with Crippen LogP contribution in [-0.4, -0.2) is 49.1 Å². The molecule has 1 aromatic rings. The second kappa shape index (κ2) is 9.37. The molecule has 1 saturated heterocycles. The zero-order chi connectivity index (χ0) is 15.9. The monoisotopic (exact) mass is 340 g/mol. The Morgan fingerprint density at radius 1 is 1.26 bits per heavy atom. The molecule has 23 heavy (non-hydrogen) atoms. The fourth-order valence-corrected chi connectivity index (χ4v) is 2.63. The maximum Gasteiger partial charge on any atom is 0.319 e. The van der Waals surface area contributed by atoms with E-state index >= 15 is 0 Å². The quantitative estimate of drug-likeness (QED) is 0.783. The van der Waals surface area contributed by atoms with Crippen molar-refractivity contribution in [1.82, 2.24) is 15.5 Å². The number of amides is 3. The van der Waals surface area contributed by atoms with Crippen LogP contribution in [0.1, 0.15) is 19.8 Å². The number of likely N-dealkylation sites (tertiary alicyclic amines) is 1. The highest BCUT2D eigenvalue weighted by molar-refractivity contribution is 5.93. The van der Waals surface area contributed by atoms with Gasteiger partial charge in [0, 0.05) is 24.8 Å². The van der Waals surface area contributed by atoms with Gasteiger partial charge < -0.3 is 20.9 Å². The van der Waals surface area contributed by atoms with Gasteiger partial charge in [-0.05, 0) is 38.9 Å². The third kappa shape index (κ3) is 5.73. The van der Waals surface area contributed by atoms with E-state index in [0.29, 0.717) is 18.3 Å². The molecule has 1 fully saturated rings. The van der Waals surface area contributed by atoms with Crippen LogP contribution < -0.4 is 16.0 Å². The summed E-state index contributed by atoms with van der Waals surface area (Å²) in [6.07, 6.45) is 2.07. The summed E-state index contributed by atoms with van der Waals surface area (Å²) < 4.78 is 0. The van der Waals surface area contributed by atoms with Crippen molar-refractivity contribution >= 4 is 30.0 Å². The molecular formula is C16H25ClN4O2. The lowest BCUT2D eigenvalue weighted by Gasteiger charge is -2.34. The number of likely N-dealkylation sites (N-methyl/N-ethyl adjacent to an activating group) is 1. The first-order valence-corrected chi connectivity index (χ1v) is 7.68. The van der Waals surface area contributed by atoms with E-state index < -0.39 is 6.04 Å². The van der Waals surface area contributed by atoms with Gasteiger partial charge in [-0.15, -0.1) is 12.4 Å². The predicted octanol–water partition coefficient (Wildman–Crippen LogP) is 1.83. The summed E-state index contributed by atoms with van der Waals surface area (Å²) in [4.78, 5) is 26.1. The van der Waals surface area contributed by atoms with Crippen molar-refractivity contribution in [2.24, 2.45) is 0 Å². The average molecular weight is 341 g/mol. The minimum absolute atomic E-state index is 0. The van der Waals surface area contributed by atoms with E-state index in [1.165, 1.54) is 0 Å². The zero-order valence-electron chi connectivity index (χ0n) is 13.5. The third-order valence-corrected chi connectivity index (χ3v) is 3.89. The highest BCUT2D eigenvalue weighted by atomic mass is 35.5. The van der Waals surface area contributed by atoms with E-state index in [4.69, 9.17) is 0 Å². The Morgan fingerprint density at radius 3 is 2.61 bits per heavy atom. The number of nitrogens with one attached hydrogen (secondary N) is 3. The summed E-state index contributed by atoms with van der Waals surface area (Å²) in [7, 11) is 1.91. The maximum atomic E-state index is 12.4. The van der Waals surface area contributed by atoms with Crippen LogP contribution >= 0.6 is 12.4 Å². The first kappa shape index (κ1) is 19.3. The molecule has 3 N–H and O–H groups in total. The number of para-hydroxylation sites is 1. The molecule has 0 bridgehead atoms. The Morgan fingerprint density at radius 2 is 1.96 bits per heavy atom. The topological polar surface area (TPSA) is 73.5 Å². The van der Waals surface area contributed by atoms with Crippen molar-refractivity contribution in [3.05, 3.63) is 30.3 Å². The van der Waals surface area contributed by atoms with Crippen LogP contribution in [0.2, 0.25) is 0 Å². The van der Waals surface area contributed by atoms with Crippen LogP contribution in [0.25, 0.3) is 0 Å².